The van der Waals surface area contributed by atoms with Gasteiger partial charge in [-0.25, -0.2) is 14.8 Å². The lowest BCUT2D eigenvalue weighted by atomic mass is 10.2. The van der Waals surface area contributed by atoms with Crippen molar-refractivity contribution in [1.82, 2.24) is 15.1 Å². The Balaban J connectivity index is 1.71. The third-order valence-electron chi connectivity index (χ3n) is 3.85. The predicted octanol–water partition coefficient (Wildman–Crippen LogP) is 3.87. The maximum atomic E-state index is 11.2. The summed E-state index contributed by atoms with van der Waals surface area (Å²) in [6, 6.07) is 10.1. The lowest BCUT2D eigenvalue weighted by Gasteiger charge is -2.22. The maximum Gasteiger partial charge on any atom is 0.298 e. The topological polar surface area (TPSA) is 103 Å². The van der Waals surface area contributed by atoms with Gasteiger partial charge in [-0.15, -0.1) is 0 Å². The van der Waals surface area contributed by atoms with E-state index in [4.69, 9.17) is 32.8 Å². The van der Waals surface area contributed by atoms with E-state index in [0.717, 1.165) is 5.56 Å². The molecule has 11 heteroatoms. The Labute approximate surface area is 162 Å². The first-order valence-electron chi connectivity index (χ1n) is 7.69. The van der Waals surface area contributed by atoms with E-state index in [-0.39, 0.29) is 10.7 Å². The fourth-order valence-electron chi connectivity index (χ4n) is 2.64. The Kier molecular flexibility index (Phi) is 4.66. The summed E-state index contributed by atoms with van der Waals surface area (Å²) in [6.07, 6.45) is 1.31. The number of para-hydroxylation sites is 1. The molecule has 27 heavy (non-hydrogen) atoms. The number of hydrogen-bond donors (Lipinski definition) is 1. The van der Waals surface area contributed by atoms with Crippen LogP contribution in [0.3, 0.4) is 0 Å². The van der Waals surface area contributed by atoms with Gasteiger partial charge in [0.05, 0.1) is 22.4 Å². The second-order valence-electron chi connectivity index (χ2n) is 5.55. The number of aromatic nitrogens is 2. The molecule has 1 unspecified atom stereocenters. The fourth-order valence-corrected chi connectivity index (χ4v) is 3.06. The van der Waals surface area contributed by atoms with Crippen LogP contribution in [-0.2, 0) is 11.4 Å². The van der Waals surface area contributed by atoms with Crippen LogP contribution in [0.5, 0.6) is 5.75 Å². The van der Waals surface area contributed by atoms with Gasteiger partial charge in [-0.1, -0.05) is 35.0 Å². The molecule has 9 nitrogen and oxygen atoms in total. The number of nitro groups is 1. The second kappa shape index (κ2) is 7.12. The number of nitro benzene ring substituents is 1. The van der Waals surface area contributed by atoms with Crippen LogP contribution in [0.2, 0.25) is 5.02 Å². The van der Waals surface area contributed by atoms with Crippen LogP contribution >= 0.6 is 23.2 Å². The van der Waals surface area contributed by atoms with E-state index in [1.165, 1.54) is 23.6 Å². The number of hydrogen-bond acceptors (Lipinski definition) is 8. The van der Waals surface area contributed by atoms with Gasteiger partial charge in [-0.2, -0.15) is 0 Å². The summed E-state index contributed by atoms with van der Waals surface area (Å²) in [5.74, 6) is -0.183. The zero-order valence-electron chi connectivity index (χ0n) is 13.5. The number of hydrazine groups is 1. The standard InChI is InChI=1S/C16H11Cl2N5O4/c17-11-6-12-10(5-13(11)23(24)25)15(20-8-19-12)21-22-7-9-3-1-2-4-14(9)26-16(18)27-22/h1-6,8,16H,7H2,(H,19,20,21). The number of halogens is 2. The summed E-state index contributed by atoms with van der Waals surface area (Å²) in [7, 11) is 0. The quantitative estimate of drug-likeness (QED) is 0.396. The molecule has 1 aromatic heterocycles. The molecule has 0 amide bonds. The molecule has 0 bridgehead atoms. The van der Waals surface area contributed by atoms with E-state index < -0.39 is 10.7 Å². The lowest BCUT2D eigenvalue weighted by molar-refractivity contribution is -0.384. The number of hydroxylamine groups is 1. The average Bonchev–Trinajstić information content (AvgIpc) is 2.78. The van der Waals surface area contributed by atoms with E-state index in [1.807, 2.05) is 18.2 Å². The highest BCUT2D eigenvalue weighted by Gasteiger charge is 2.23. The molecule has 138 valence electrons. The number of nitrogens with zero attached hydrogens (tertiary/aromatic N) is 4. The van der Waals surface area contributed by atoms with Crippen molar-refractivity contribution < 1.29 is 14.5 Å². The van der Waals surface area contributed by atoms with Crippen LogP contribution < -0.4 is 10.2 Å². The van der Waals surface area contributed by atoms with Crippen LogP contribution in [-0.4, -0.2) is 25.8 Å². The van der Waals surface area contributed by atoms with Crippen LogP contribution in [0.25, 0.3) is 10.9 Å². The first-order valence-corrected chi connectivity index (χ1v) is 8.51. The van der Waals surface area contributed by atoms with Gasteiger partial charge >= 0.3 is 0 Å². The molecule has 0 radical (unpaired) electrons. The second-order valence-corrected chi connectivity index (χ2v) is 6.32. The molecule has 1 aliphatic heterocycles. The summed E-state index contributed by atoms with van der Waals surface area (Å²) in [5.41, 5.74) is 3.98. The monoisotopic (exact) mass is 407 g/mol. The summed E-state index contributed by atoms with van der Waals surface area (Å²) in [4.78, 5) is 24.4. The van der Waals surface area contributed by atoms with E-state index in [1.54, 1.807) is 6.07 Å². The Hall–Kier alpha value is -2.72. The van der Waals surface area contributed by atoms with Crippen molar-refractivity contribution in [2.24, 2.45) is 0 Å². The van der Waals surface area contributed by atoms with Gasteiger partial charge in [-0.3, -0.25) is 15.5 Å². The minimum Gasteiger partial charge on any atom is -0.449 e. The molecule has 0 saturated carbocycles. The van der Waals surface area contributed by atoms with Crippen molar-refractivity contribution in [3.05, 3.63) is 63.4 Å². The first-order chi connectivity index (χ1) is 13.0. The minimum atomic E-state index is -1.07. The normalized spacial score (nSPS) is 17.0. The summed E-state index contributed by atoms with van der Waals surface area (Å²) in [5, 5.41) is 12.9. The SMILES string of the molecule is O=[N+]([O-])c1cc2c(NN3Cc4ccccc4OC(Cl)O3)ncnc2cc1Cl. The Morgan fingerprint density at radius 3 is 2.93 bits per heavy atom. The summed E-state index contributed by atoms with van der Waals surface area (Å²) < 4.78 is 5.50. The highest BCUT2D eigenvalue weighted by molar-refractivity contribution is 6.33. The molecule has 3 aromatic rings. The molecule has 1 aliphatic rings. The Bertz CT molecular complexity index is 1030. The number of fused-ring (bicyclic) bond motifs is 2. The smallest absolute Gasteiger partial charge is 0.298 e. The average molecular weight is 408 g/mol. The number of nitrogens with one attached hydrogen (secondary N) is 1. The van der Waals surface area contributed by atoms with Gasteiger partial charge in [0.1, 0.15) is 17.1 Å². The highest BCUT2D eigenvalue weighted by atomic mass is 35.5. The van der Waals surface area contributed by atoms with Gasteiger partial charge in [-0.05, 0) is 23.7 Å². The van der Waals surface area contributed by atoms with E-state index in [9.17, 15) is 10.1 Å². The van der Waals surface area contributed by atoms with Crippen molar-refractivity contribution in [1.29, 1.82) is 0 Å². The number of alkyl halides is 1. The first kappa shape index (κ1) is 17.7. The van der Waals surface area contributed by atoms with Gasteiger partial charge in [0.2, 0.25) is 0 Å². The van der Waals surface area contributed by atoms with Crippen molar-refractivity contribution in [3.63, 3.8) is 0 Å². The van der Waals surface area contributed by atoms with Gasteiger partial charge < -0.3 is 4.74 Å². The molecule has 0 aliphatic carbocycles. The molecule has 4 rings (SSSR count). The van der Waals surface area contributed by atoms with Crippen molar-refractivity contribution in [3.8, 4) is 5.75 Å². The van der Waals surface area contributed by atoms with Gasteiger partial charge in [0, 0.05) is 11.6 Å². The molecular weight excluding hydrogens is 397 g/mol. The van der Waals surface area contributed by atoms with E-state index in [2.05, 4.69) is 15.4 Å². The molecule has 0 fully saturated rings. The molecule has 0 saturated heterocycles. The summed E-state index contributed by atoms with van der Waals surface area (Å²) >= 11 is 12.0. The fraction of sp³-hybridized carbons (Fsp3) is 0.125. The third-order valence-corrected chi connectivity index (χ3v) is 4.32. The largest absolute Gasteiger partial charge is 0.449 e. The van der Waals surface area contributed by atoms with Crippen LogP contribution in [0.15, 0.2) is 42.7 Å². The van der Waals surface area contributed by atoms with E-state index in [0.29, 0.717) is 29.0 Å². The predicted molar refractivity (Wildman–Crippen MR) is 98.2 cm³/mol. The molecule has 1 atom stereocenters. The Morgan fingerprint density at radius 2 is 2.11 bits per heavy atom. The molecule has 2 heterocycles. The van der Waals surface area contributed by atoms with Crippen molar-refractivity contribution >= 4 is 45.6 Å². The minimum absolute atomic E-state index is 0.00804. The molecule has 2 aromatic carbocycles. The third kappa shape index (κ3) is 3.58. The number of rotatable bonds is 3. The van der Waals surface area contributed by atoms with Crippen LogP contribution in [0.1, 0.15) is 5.56 Å². The molecular formula is C16H11Cl2N5O4. The maximum absolute atomic E-state index is 11.2. The lowest BCUT2D eigenvalue weighted by Crippen LogP contribution is -2.32. The van der Waals surface area contributed by atoms with Crippen molar-refractivity contribution in [2.45, 2.75) is 12.3 Å². The van der Waals surface area contributed by atoms with Crippen LogP contribution in [0.4, 0.5) is 11.5 Å². The summed E-state index contributed by atoms with van der Waals surface area (Å²) in [6.45, 7) is 0.292. The number of benzene rings is 2. The van der Waals surface area contributed by atoms with E-state index >= 15 is 0 Å². The molecule has 1 N–H and O–H groups in total. The Morgan fingerprint density at radius 1 is 1.30 bits per heavy atom. The van der Waals surface area contributed by atoms with Gasteiger partial charge in [0.15, 0.2) is 5.82 Å². The zero-order chi connectivity index (χ0) is 19.0. The number of anilines is 1. The molecule has 0 spiro atoms. The zero-order valence-corrected chi connectivity index (χ0v) is 15.0. The van der Waals surface area contributed by atoms with Gasteiger partial charge in [0.25, 0.3) is 11.4 Å². The van der Waals surface area contributed by atoms with Crippen LogP contribution in [0, 0.1) is 10.1 Å². The van der Waals surface area contributed by atoms with Crippen molar-refractivity contribution in [2.75, 3.05) is 5.43 Å². The highest BCUT2D eigenvalue weighted by Crippen LogP contribution is 2.32. The number of ether oxygens (including phenoxy) is 1.